The minimum Gasteiger partial charge on any atom is -0.345 e. The lowest BCUT2D eigenvalue weighted by Crippen LogP contribution is -2.44. The fourth-order valence-corrected chi connectivity index (χ4v) is 3.98. The minimum atomic E-state index is -0.0664. The van der Waals surface area contributed by atoms with Crippen LogP contribution in [0.3, 0.4) is 0 Å². The molecule has 1 fully saturated rings. The molecular weight excluding hydrogens is 376 g/mol. The van der Waals surface area contributed by atoms with Crippen molar-refractivity contribution in [2.45, 2.75) is 19.8 Å². The van der Waals surface area contributed by atoms with E-state index in [9.17, 15) is 9.59 Å². The molecule has 2 heterocycles. The zero-order chi connectivity index (χ0) is 21.3. The monoisotopic (exact) mass is 404 g/mol. The van der Waals surface area contributed by atoms with Crippen molar-refractivity contribution in [3.8, 4) is 0 Å². The summed E-state index contributed by atoms with van der Waals surface area (Å²) in [5.74, 6) is 0.629. The van der Waals surface area contributed by atoms with Gasteiger partial charge in [0.25, 0.3) is 11.8 Å². The molecule has 0 saturated carbocycles. The summed E-state index contributed by atoms with van der Waals surface area (Å²) < 4.78 is 0. The van der Waals surface area contributed by atoms with E-state index in [-0.39, 0.29) is 11.8 Å². The summed E-state index contributed by atoms with van der Waals surface area (Å²) in [7, 11) is 3.45. The lowest BCUT2D eigenvalue weighted by molar-refractivity contribution is -0.112. The van der Waals surface area contributed by atoms with Crippen LogP contribution in [-0.4, -0.2) is 61.2 Å². The third kappa shape index (κ3) is 4.00. The van der Waals surface area contributed by atoms with Crippen molar-refractivity contribution >= 4 is 28.9 Å². The van der Waals surface area contributed by atoms with E-state index in [2.05, 4.69) is 16.8 Å². The molecule has 1 saturated heterocycles. The molecule has 0 unspecified atom stereocenters. The Kier molecular flexibility index (Phi) is 5.68. The molecule has 156 valence electrons. The standard InChI is InChI=1S/C24H28N4O2/c1-17-12-14-27(15-13-17)16-28-21-7-5-4-6-20(21)22(24(28)30)25-19-10-8-18(9-11-19)23(29)26(2)3/h4-11,17H,12-16H2,1-3H3. The molecule has 0 atom stereocenters. The van der Waals surface area contributed by atoms with E-state index in [1.54, 1.807) is 38.4 Å². The average molecular weight is 405 g/mol. The van der Waals surface area contributed by atoms with Gasteiger partial charge in [-0.15, -0.1) is 0 Å². The summed E-state index contributed by atoms with van der Waals surface area (Å²) >= 11 is 0. The lowest BCUT2D eigenvalue weighted by atomic mass is 10.00. The van der Waals surface area contributed by atoms with Gasteiger partial charge in [0, 0.05) is 38.3 Å². The van der Waals surface area contributed by atoms with Crippen LogP contribution in [0.1, 0.15) is 35.7 Å². The highest BCUT2D eigenvalue weighted by Gasteiger charge is 2.35. The Morgan fingerprint density at radius 2 is 1.73 bits per heavy atom. The van der Waals surface area contributed by atoms with Crippen molar-refractivity contribution in [3.05, 3.63) is 59.7 Å². The Bertz CT molecular complexity index is 973. The third-order valence-corrected chi connectivity index (χ3v) is 5.88. The topological polar surface area (TPSA) is 56.2 Å². The fourth-order valence-electron chi connectivity index (χ4n) is 3.98. The van der Waals surface area contributed by atoms with Crippen LogP contribution in [-0.2, 0) is 4.79 Å². The number of likely N-dealkylation sites (tertiary alicyclic amines) is 1. The van der Waals surface area contributed by atoms with Gasteiger partial charge in [0.2, 0.25) is 0 Å². The second-order valence-electron chi connectivity index (χ2n) is 8.40. The summed E-state index contributed by atoms with van der Waals surface area (Å²) in [4.78, 5) is 35.8. The maximum Gasteiger partial charge on any atom is 0.278 e. The molecule has 30 heavy (non-hydrogen) atoms. The number of hydrogen-bond donors (Lipinski definition) is 0. The molecule has 0 radical (unpaired) electrons. The number of para-hydroxylation sites is 1. The minimum absolute atomic E-state index is 0.0569. The predicted molar refractivity (Wildman–Crippen MR) is 119 cm³/mol. The van der Waals surface area contributed by atoms with E-state index < -0.39 is 0 Å². The van der Waals surface area contributed by atoms with E-state index in [0.717, 1.165) is 30.3 Å². The van der Waals surface area contributed by atoms with Crippen LogP contribution in [0.15, 0.2) is 53.5 Å². The summed E-state index contributed by atoms with van der Waals surface area (Å²) in [5, 5.41) is 0. The average Bonchev–Trinajstić information content (AvgIpc) is 3.01. The van der Waals surface area contributed by atoms with Crippen LogP contribution in [0, 0.1) is 5.92 Å². The number of rotatable bonds is 4. The van der Waals surface area contributed by atoms with Crippen molar-refractivity contribution in [1.29, 1.82) is 0 Å². The van der Waals surface area contributed by atoms with Crippen molar-refractivity contribution in [3.63, 3.8) is 0 Å². The van der Waals surface area contributed by atoms with E-state index in [1.807, 2.05) is 29.2 Å². The Morgan fingerprint density at radius 3 is 2.40 bits per heavy atom. The molecule has 2 aliphatic rings. The van der Waals surface area contributed by atoms with Gasteiger partial charge in [0.1, 0.15) is 5.71 Å². The predicted octanol–water partition coefficient (Wildman–Crippen LogP) is 3.55. The normalized spacial score (nSPS) is 18.7. The van der Waals surface area contributed by atoms with Crippen LogP contribution < -0.4 is 4.90 Å². The zero-order valence-electron chi connectivity index (χ0n) is 17.8. The fraction of sp³-hybridized carbons (Fsp3) is 0.375. The van der Waals surface area contributed by atoms with Gasteiger partial charge in [0.15, 0.2) is 0 Å². The van der Waals surface area contributed by atoms with Gasteiger partial charge < -0.3 is 4.90 Å². The summed E-state index contributed by atoms with van der Waals surface area (Å²) in [6, 6.07) is 14.9. The van der Waals surface area contributed by atoms with Crippen molar-refractivity contribution in [2.75, 3.05) is 38.8 Å². The molecule has 2 aromatic rings. The number of nitrogens with zero attached hydrogens (tertiary/aromatic N) is 4. The number of piperidine rings is 1. The number of carbonyl (C=O) groups is 2. The number of benzene rings is 2. The highest BCUT2D eigenvalue weighted by Crippen LogP contribution is 2.31. The van der Waals surface area contributed by atoms with Gasteiger partial charge in [-0.1, -0.05) is 25.1 Å². The van der Waals surface area contributed by atoms with E-state index in [4.69, 9.17) is 0 Å². The van der Waals surface area contributed by atoms with Gasteiger partial charge in [0.05, 0.1) is 18.0 Å². The largest absolute Gasteiger partial charge is 0.345 e. The van der Waals surface area contributed by atoms with E-state index in [1.165, 1.54) is 17.7 Å². The molecule has 0 aliphatic carbocycles. The first-order chi connectivity index (χ1) is 14.4. The number of anilines is 1. The zero-order valence-corrected chi connectivity index (χ0v) is 17.8. The first kappa shape index (κ1) is 20.3. The summed E-state index contributed by atoms with van der Waals surface area (Å²) in [5.41, 5.74) is 3.50. The highest BCUT2D eigenvalue weighted by molar-refractivity contribution is 6.54. The SMILES string of the molecule is CC1CCN(CN2C(=O)C(=Nc3ccc(C(=O)N(C)C)cc3)c3ccccc32)CC1. The molecule has 6 heteroatoms. The number of carbonyl (C=O) groups excluding carboxylic acids is 2. The molecule has 0 N–H and O–H groups in total. The maximum absolute atomic E-state index is 13.3. The maximum atomic E-state index is 13.3. The molecule has 4 rings (SSSR count). The molecule has 6 nitrogen and oxygen atoms in total. The first-order valence-corrected chi connectivity index (χ1v) is 10.5. The van der Waals surface area contributed by atoms with Crippen molar-refractivity contribution in [2.24, 2.45) is 10.9 Å². The first-order valence-electron chi connectivity index (χ1n) is 10.5. The Morgan fingerprint density at radius 1 is 1.07 bits per heavy atom. The molecule has 2 amide bonds. The van der Waals surface area contributed by atoms with Gasteiger partial charge in [-0.2, -0.15) is 0 Å². The number of aliphatic imine (C=N–C) groups is 1. The van der Waals surface area contributed by atoms with Crippen LogP contribution >= 0.6 is 0 Å². The van der Waals surface area contributed by atoms with Crippen LogP contribution in [0.25, 0.3) is 0 Å². The lowest BCUT2D eigenvalue weighted by Gasteiger charge is -2.33. The van der Waals surface area contributed by atoms with E-state index in [0.29, 0.717) is 23.6 Å². The molecule has 0 spiro atoms. The molecule has 0 bridgehead atoms. The molecule has 2 aliphatic heterocycles. The number of hydrogen-bond acceptors (Lipinski definition) is 4. The molecule has 2 aromatic carbocycles. The van der Waals surface area contributed by atoms with Gasteiger partial charge in [-0.3, -0.25) is 19.4 Å². The number of amides is 2. The second-order valence-corrected chi connectivity index (χ2v) is 8.40. The highest BCUT2D eigenvalue weighted by atomic mass is 16.2. The van der Waals surface area contributed by atoms with Gasteiger partial charge >= 0.3 is 0 Å². The van der Waals surface area contributed by atoms with Crippen LogP contribution in [0.2, 0.25) is 0 Å². The van der Waals surface area contributed by atoms with Gasteiger partial charge in [-0.25, -0.2) is 4.99 Å². The van der Waals surface area contributed by atoms with Crippen LogP contribution in [0.4, 0.5) is 11.4 Å². The Hall–Kier alpha value is -2.99. The van der Waals surface area contributed by atoms with Crippen LogP contribution in [0.5, 0.6) is 0 Å². The third-order valence-electron chi connectivity index (χ3n) is 5.88. The van der Waals surface area contributed by atoms with Crippen molar-refractivity contribution < 1.29 is 9.59 Å². The van der Waals surface area contributed by atoms with Crippen molar-refractivity contribution in [1.82, 2.24) is 9.80 Å². The smallest absolute Gasteiger partial charge is 0.278 e. The Labute approximate surface area is 177 Å². The van der Waals surface area contributed by atoms with Gasteiger partial charge in [-0.05, 0) is 49.1 Å². The summed E-state index contributed by atoms with van der Waals surface area (Å²) in [6.07, 6.45) is 2.34. The second kappa shape index (κ2) is 8.40. The van der Waals surface area contributed by atoms with E-state index >= 15 is 0 Å². The number of fused-ring (bicyclic) bond motifs is 1. The Balaban J connectivity index is 1.59. The molecule has 0 aromatic heterocycles. The quantitative estimate of drug-likeness (QED) is 0.783. The molecular formula is C24H28N4O2. The summed E-state index contributed by atoms with van der Waals surface area (Å²) in [6.45, 7) is 4.91.